The third kappa shape index (κ3) is 4.46. The molecule has 0 radical (unpaired) electrons. The van der Waals surface area contributed by atoms with E-state index in [4.69, 9.17) is 19.7 Å². The molecule has 146 valence electrons. The molecule has 0 amide bonds. The van der Waals surface area contributed by atoms with Crippen LogP contribution in [0.1, 0.15) is 12.2 Å². The number of carboxylic acid groups (broad SMARTS) is 2. The van der Waals surface area contributed by atoms with Crippen LogP contribution in [0.5, 0.6) is 11.5 Å². The number of alkyl halides is 3. The smallest absolute Gasteiger partial charge is 0.451 e. The predicted octanol–water partition coefficient (Wildman–Crippen LogP) is 2.01. The highest BCUT2D eigenvalue weighted by atomic mass is 19.4. The largest absolute Gasteiger partial charge is 0.493 e. The van der Waals surface area contributed by atoms with Gasteiger partial charge in [0.15, 0.2) is 11.5 Å². The van der Waals surface area contributed by atoms with E-state index in [0.29, 0.717) is 0 Å². The number of hydrogen-bond donors (Lipinski definition) is 3. The van der Waals surface area contributed by atoms with E-state index in [9.17, 15) is 22.8 Å². The van der Waals surface area contributed by atoms with Gasteiger partial charge in [-0.1, -0.05) is 0 Å². The zero-order chi connectivity index (χ0) is 20.4. The van der Waals surface area contributed by atoms with Gasteiger partial charge in [-0.05, 0) is 6.07 Å². The molecule has 1 aromatic carbocycles. The first-order valence-corrected chi connectivity index (χ1v) is 7.29. The molecule has 12 heteroatoms. The number of ether oxygens (including phenoxy) is 2. The van der Waals surface area contributed by atoms with E-state index in [1.165, 1.54) is 26.4 Å². The zero-order valence-electron chi connectivity index (χ0n) is 14.0. The van der Waals surface area contributed by atoms with Crippen molar-refractivity contribution >= 4 is 28.7 Å². The Hall–Kier alpha value is -3.31. The summed E-state index contributed by atoms with van der Waals surface area (Å²) in [6.07, 6.45) is -5.79. The van der Waals surface area contributed by atoms with Crippen LogP contribution < -0.4 is 14.8 Å². The molecule has 9 nitrogen and oxygen atoms in total. The molecule has 0 aliphatic rings. The lowest BCUT2D eigenvalue weighted by atomic mass is 10.1. The summed E-state index contributed by atoms with van der Waals surface area (Å²) >= 11 is 0. The van der Waals surface area contributed by atoms with Crippen molar-refractivity contribution in [3.8, 4) is 11.5 Å². The molecule has 0 fully saturated rings. The predicted molar refractivity (Wildman–Crippen MR) is 84.9 cm³/mol. The summed E-state index contributed by atoms with van der Waals surface area (Å²) in [5.74, 6) is -4.81. The maximum atomic E-state index is 13.1. The molecule has 2 aromatic rings. The summed E-state index contributed by atoms with van der Waals surface area (Å²) in [4.78, 5) is 28.8. The average Bonchev–Trinajstić information content (AvgIpc) is 2.58. The Labute approximate surface area is 149 Å². The Bertz CT molecular complexity index is 887. The Balaban J connectivity index is 2.69. The fourth-order valence-electron chi connectivity index (χ4n) is 2.23. The summed E-state index contributed by atoms with van der Waals surface area (Å²) in [6, 6.07) is 0.717. The number of rotatable bonds is 7. The summed E-state index contributed by atoms with van der Waals surface area (Å²) in [5.41, 5.74) is -0.197. The number of benzene rings is 1. The van der Waals surface area contributed by atoms with Gasteiger partial charge in [0.1, 0.15) is 11.9 Å². The van der Waals surface area contributed by atoms with Crippen LogP contribution in [0.25, 0.3) is 10.9 Å². The van der Waals surface area contributed by atoms with Crippen molar-refractivity contribution in [1.82, 2.24) is 9.97 Å². The van der Waals surface area contributed by atoms with E-state index in [1.807, 2.05) is 0 Å². The average molecular weight is 389 g/mol. The van der Waals surface area contributed by atoms with Gasteiger partial charge in [-0.15, -0.1) is 0 Å². The number of nitrogens with zero attached hydrogens (tertiary/aromatic N) is 2. The van der Waals surface area contributed by atoms with Crippen LogP contribution in [0.4, 0.5) is 19.0 Å². The monoisotopic (exact) mass is 389 g/mol. The van der Waals surface area contributed by atoms with Crippen molar-refractivity contribution in [3.05, 3.63) is 18.0 Å². The van der Waals surface area contributed by atoms with Gasteiger partial charge in [-0.3, -0.25) is 4.79 Å². The number of aromatic nitrogens is 2. The highest BCUT2D eigenvalue weighted by Gasteiger charge is 2.36. The van der Waals surface area contributed by atoms with Gasteiger partial charge < -0.3 is 25.0 Å². The number of fused-ring (bicyclic) bond motifs is 1. The third-order valence-electron chi connectivity index (χ3n) is 3.44. The number of nitrogens with one attached hydrogen (secondary N) is 1. The molecule has 1 aromatic heterocycles. The van der Waals surface area contributed by atoms with E-state index >= 15 is 0 Å². The van der Waals surface area contributed by atoms with Crippen LogP contribution in [-0.4, -0.2) is 52.4 Å². The summed E-state index contributed by atoms with van der Waals surface area (Å²) in [7, 11) is 2.58. The molecule has 2 rings (SSSR count). The number of carboxylic acids is 2. The number of carbonyl (C=O) groups is 2. The van der Waals surface area contributed by atoms with Gasteiger partial charge in [0.25, 0.3) is 0 Å². The van der Waals surface area contributed by atoms with Crippen LogP contribution >= 0.6 is 0 Å². The van der Waals surface area contributed by atoms with Gasteiger partial charge in [0, 0.05) is 11.5 Å². The lowest BCUT2D eigenvalue weighted by molar-refractivity contribution is -0.145. The highest BCUT2D eigenvalue weighted by Crippen LogP contribution is 2.36. The lowest BCUT2D eigenvalue weighted by Gasteiger charge is -2.17. The summed E-state index contributed by atoms with van der Waals surface area (Å²) < 4.78 is 49.4. The number of anilines is 1. The van der Waals surface area contributed by atoms with Gasteiger partial charge in [-0.2, -0.15) is 13.2 Å². The molecule has 1 heterocycles. The van der Waals surface area contributed by atoms with E-state index in [2.05, 4.69) is 15.3 Å². The molecular formula is C15H14F3N3O6. The Morgan fingerprint density at radius 3 is 2.22 bits per heavy atom. The summed E-state index contributed by atoms with van der Waals surface area (Å²) in [6.45, 7) is 0. The molecule has 0 aliphatic carbocycles. The van der Waals surface area contributed by atoms with Gasteiger partial charge >= 0.3 is 18.1 Å². The SMILES string of the molecule is COc1cc2nc(C(F)(F)F)nc(NC(CC(=O)O)C(=O)O)c2cc1OC. The second-order valence-electron chi connectivity index (χ2n) is 5.25. The molecule has 0 aliphatic heterocycles. The van der Waals surface area contributed by atoms with Crippen molar-refractivity contribution in [2.24, 2.45) is 0 Å². The molecule has 0 bridgehead atoms. The van der Waals surface area contributed by atoms with E-state index in [1.54, 1.807) is 0 Å². The van der Waals surface area contributed by atoms with Crippen molar-refractivity contribution in [1.29, 1.82) is 0 Å². The Morgan fingerprint density at radius 1 is 1.15 bits per heavy atom. The van der Waals surface area contributed by atoms with Gasteiger partial charge in [-0.25, -0.2) is 14.8 Å². The molecule has 3 N–H and O–H groups in total. The van der Waals surface area contributed by atoms with Crippen molar-refractivity contribution < 1.29 is 42.4 Å². The van der Waals surface area contributed by atoms with E-state index in [0.717, 1.165) is 0 Å². The van der Waals surface area contributed by atoms with E-state index in [-0.39, 0.29) is 22.4 Å². The first-order valence-electron chi connectivity index (χ1n) is 7.29. The standard InChI is InChI=1S/C15H14F3N3O6/c1-26-9-3-6-7(4-10(9)27-2)20-14(15(16,17)18)21-12(6)19-8(13(24)25)5-11(22)23/h3-4,8H,5H2,1-2H3,(H,22,23)(H,24,25)(H,19,20,21). The maximum Gasteiger partial charge on any atom is 0.451 e. The van der Waals surface area contributed by atoms with Crippen LogP contribution in [0.3, 0.4) is 0 Å². The minimum atomic E-state index is -4.91. The first-order chi connectivity index (χ1) is 12.6. The van der Waals surface area contributed by atoms with Crippen molar-refractivity contribution in [3.63, 3.8) is 0 Å². The minimum absolute atomic E-state index is 0.00251. The van der Waals surface area contributed by atoms with Crippen LogP contribution in [-0.2, 0) is 15.8 Å². The normalized spacial score (nSPS) is 12.5. The topological polar surface area (TPSA) is 131 Å². The zero-order valence-corrected chi connectivity index (χ0v) is 14.0. The summed E-state index contributed by atoms with van der Waals surface area (Å²) in [5, 5.41) is 20.2. The maximum absolute atomic E-state index is 13.1. The molecular weight excluding hydrogens is 375 g/mol. The number of aliphatic carboxylic acids is 2. The van der Waals surface area contributed by atoms with Gasteiger partial charge in [0.05, 0.1) is 26.2 Å². The molecule has 0 saturated carbocycles. The van der Waals surface area contributed by atoms with E-state index < -0.39 is 42.2 Å². The fourth-order valence-corrected chi connectivity index (χ4v) is 2.23. The second kappa shape index (κ2) is 7.51. The number of hydrogen-bond acceptors (Lipinski definition) is 7. The van der Waals surface area contributed by atoms with Crippen LogP contribution in [0, 0.1) is 0 Å². The Kier molecular flexibility index (Phi) is 5.57. The number of halogens is 3. The van der Waals surface area contributed by atoms with Crippen LogP contribution in [0.2, 0.25) is 0 Å². The molecule has 1 atom stereocenters. The minimum Gasteiger partial charge on any atom is -0.493 e. The molecule has 0 spiro atoms. The molecule has 27 heavy (non-hydrogen) atoms. The van der Waals surface area contributed by atoms with Crippen molar-refractivity contribution in [2.75, 3.05) is 19.5 Å². The quantitative estimate of drug-likeness (QED) is 0.651. The molecule has 0 saturated heterocycles. The Morgan fingerprint density at radius 2 is 1.74 bits per heavy atom. The fraction of sp³-hybridized carbons (Fsp3) is 0.333. The highest BCUT2D eigenvalue weighted by molar-refractivity contribution is 5.94. The van der Waals surface area contributed by atoms with Crippen LogP contribution in [0.15, 0.2) is 12.1 Å². The molecule has 1 unspecified atom stereocenters. The third-order valence-corrected chi connectivity index (χ3v) is 3.44. The lowest BCUT2D eigenvalue weighted by Crippen LogP contribution is -2.32. The van der Waals surface area contributed by atoms with Gasteiger partial charge in [0.2, 0.25) is 5.82 Å². The first kappa shape index (κ1) is 20.0. The van der Waals surface area contributed by atoms with Crippen molar-refractivity contribution in [2.45, 2.75) is 18.6 Å². The second-order valence-corrected chi connectivity index (χ2v) is 5.25. The number of methoxy groups -OCH3 is 2.